The molecule has 0 aliphatic heterocycles. The van der Waals surface area contributed by atoms with Crippen molar-refractivity contribution in [2.75, 3.05) is 6.54 Å². The maximum atomic E-state index is 13.8. The number of azide groups is 1. The van der Waals surface area contributed by atoms with Gasteiger partial charge in [0.1, 0.15) is 18.2 Å². The maximum Gasteiger partial charge on any atom is 0.243 e. The summed E-state index contributed by atoms with van der Waals surface area (Å²) in [5.74, 6) is -1.51. The predicted molar refractivity (Wildman–Crippen MR) is 160 cm³/mol. The Morgan fingerprint density at radius 1 is 1.00 bits per heavy atom. The van der Waals surface area contributed by atoms with Gasteiger partial charge in [-0.25, -0.2) is 4.98 Å². The quantitative estimate of drug-likeness (QED) is 0.0973. The lowest BCUT2D eigenvalue weighted by molar-refractivity contribution is -0.133. The number of H-pyrrole nitrogens is 1. The molecule has 5 atom stereocenters. The highest BCUT2D eigenvalue weighted by molar-refractivity contribution is 5.92. The Morgan fingerprint density at radius 3 is 2.28 bits per heavy atom. The number of hydrogen-bond acceptors (Lipinski definition) is 7. The van der Waals surface area contributed by atoms with Crippen molar-refractivity contribution in [1.82, 2.24) is 25.9 Å². The van der Waals surface area contributed by atoms with E-state index < -0.39 is 42.1 Å². The lowest BCUT2D eigenvalue weighted by Gasteiger charge is -2.33. The predicted octanol–water partition coefficient (Wildman–Crippen LogP) is 2.31. The van der Waals surface area contributed by atoms with Crippen LogP contribution in [0.1, 0.15) is 63.6 Å². The largest absolute Gasteiger partial charge is 0.390 e. The first kappa shape index (κ1) is 33.6. The molecule has 1 fully saturated rings. The minimum atomic E-state index is -1.39. The molecule has 1 saturated carbocycles. The second-order valence-corrected chi connectivity index (χ2v) is 11.6. The van der Waals surface area contributed by atoms with Crippen molar-refractivity contribution < 1.29 is 24.6 Å². The number of carbonyl (C=O) groups is 3. The topological polar surface area (TPSA) is 205 Å². The molecule has 1 aliphatic rings. The Bertz CT molecular complexity index is 1200. The highest BCUT2D eigenvalue weighted by Gasteiger charge is 2.34. The van der Waals surface area contributed by atoms with E-state index in [0.717, 1.165) is 37.7 Å². The molecule has 0 spiro atoms. The van der Waals surface area contributed by atoms with E-state index in [1.807, 2.05) is 30.3 Å². The van der Waals surface area contributed by atoms with Crippen molar-refractivity contribution in [3.8, 4) is 0 Å². The number of nitrogens with zero attached hydrogens (tertiary/aromatic N) is 4. The second-order valence-electron chi connectivity index (χ2n) is 11.6. The fraction of sp³-hybridized carbons (Fsp3) is 0.600. The molecule has 0 radical (unpaired) electrons. The van der Waals surface area contributed by atoms with Crippen LogP contribution in [0.2, 0.25) is 0 Å². The molecule has 6 N–H and O–H groups in total. The number of imidazole rings is 1. The van der Waals surface area contributed by atoms with Gasteiger partial charge in [0.05, 0.1) is 25.0 Å². The minimum absolute atomic E-state index is 0.0707. The molecule has 2 aromatic rings. The van der Waals surface area contributed by atoms with Crippen LogP contribution in [0.4, 0.5) is 0 Å². The van der Waals surface area contributed by atoms with E-state index in [-0.39, 0.29) is 37.1 Å². The molecule has 1 heterocycles. The number of aliphatic hydroxyl groups excluding tert-OH is 2. The molecule has 0 bridgehead atoms. The number of amides is 3. The summed E-state index contributed by atoms with van der Waals surface area (Å²) < 4.78 is 0. The lowest BCUT2D eigenvalue weighted by atomic mass is 9.83. The summed E-state index contributed by atoms with van der Waals surface area (Å²) in [6, 6.07) is 6.39. The third kappa shape index (κ3) is 11.0. The Kier molecular flexibility index (Phi) is 13.5. The van der Waals surface area contributed by atoms with E-state index in [1.165, 1.54) is 6.33 Å². The number of aromatic nitrogens is 2. The van der Waals surface area contributed by atoms with E-state index in [4.69, 9.17) is 5.53 Å². The van der Waals surface area contributed by atoms with Crippen LogP contribution in [-0.4, -0.2) is 74.8 Å². The number of carbonyl (C=O) groups excluding carboxylic acids is 3. The van der Waals surface area contributed by atoms with Gasteiger partial charge in [0.2, 0.25) is 17.7 Å². The number of nitrogens with one attached hydrogen (secondary N) is 4. The van der Waals surface area contributed by atoms with Gasteiger partial charge in [-0.05, 0) is 23.4 Å². The van der Waals surface area contributed by atoms with Crippen LogP contribution >= 0.6 is 0 Å². The van der Waals surface area contributed by atoms with Crippen LogP contribution in [0.5, 0.6) is 0 Å². The highest BCUT2D eigenvalue weighted by atomic mass is 16.3. The van der Waals surface area contributed by atoms with Gasteiger partial charge in [-0.15, -0.1) is 0 Å². The van der Waals surface area contributed by atoms with Crippen LogP contribution in [0.25, 0.3) is 10.4 Å². The monoisotopic (exact) mass is 596 g/mol. The van der Waals surface area contributed by atoms with Gasteiger partial charge in [0.25, 0.3) is 0 Å². The van der Waals surface area contributed by atoms with Gasteiger partial charge in [0, 0.05) is 35.6 Å². The summed E-state index contributed by atoms with van der Waals surface area (Å²) in [6.45, 7) is 3.12. The summed E-state index contributed by atoms with van der Waals surface area (Å²) in [7, 11) is 0. The van der Waals surface area contributed by atoms with Gasteiger partial charge in [-0.1, -0.05) is 81.4 Å². The third-order valence-electron chi connectivity index (χ3n) is 7.83. The molecule has 0 unspecified atom stereocenters. The van der Waals surface area contributed by atoms with Crippen LogP contribution in [0.3, 0.4) is 0 Å². The van der Waals surface area contributed by atoms with Crippen molar-refractivity contribution in [2.45, 2.75) is 95.5 Å². The Hall–Kier alpha value is -3.93. The van der Waals surface area contributed by atoms with Gasteiger partial charge in [0.15, 0.2) is 0 Å². The first-order valence-electron chi connectivity index (χ1n) is 15.0. The molecule has 13 heteroatoms. The maximum absolute atomic E-state index is 13.8. The SMILES string of the molecule is CC(C)C(=O)N[C@@H](Cc1ccccc1)C(=O)N[C@@H](Cc1cnc[nH]1)C(=O)N[C@H](CC1CCCCC1)[C@H](O)[C@H](O)CN=[N+]=[N-]. The number of aliphatic hydroxyl groups is 2. The molecule has 1 aromatic carbocycles. The van der Waals surface area contributed by atoms with E-state index in [9.17, 15) is 24.6 Å². The third-order valence-corrected chi connectivity index (χ3v) is 7.83. The summed E-state index contributed by atoms with van der Waals surface area (Å²) >= 11 is 0. The van der Waals surface area contributed by atoms with Crippen molar-refractivity contribution in [3.05, 3.63) is 64.6 Å². The normalized spacial score (nSPS) is 17.1. The van der Waals surface area contributed by atoms with Crippen molar-refractivity contribution in [2.24, 2.45) is 17.0 Å². The first-order chi connectivity index (χ1) is 20.7. The van der Waals surface area contributed by atoms with Crippen LogP contribution in [0.15, 0.2) is 48.0 Å². The number of hydrogen-bond donors (Lipinski definition) is 6. The van der Waals surface area contributed by atoms with E-state index in [2.05, 4.69) is 35.9 Å². The molecular formula is C30H44N8O5. The Labute approximate surface area is 251 Å². The molecule has 1 aliphatic carbocycles. The zero-order valence-electron chi connectivity index (χ0n) is 24.9. The van der Waals surface area contributed by atoms with Crippen LogP contribution in [0, 0.1) is 11.8 Å². The van der Waals surface area contributed by atoms with Crippen LogP contribution < -0.4 is 16.0 Å². The van der Waals surface area contributed by atoms with Gasteiger partial charge in [-0.2, -0.15) is 0 Å². The molecule has 3 rings (SSSR count). The number of aromatic amines is 1. The summed E-state index contributed by atoms with van der Waals surface area (Å²) in [5.41, 5.74) is 10.1. The van der Waals surface area contributed by atoms with Crippen molar-refractivity contribution in [1.29, 1.82) is 0 Å². The van der Waals surface area contributed by atoms with E-state index in [1.54, 1.807) is 20.0 Å². The molecular weight excluding hydrogens is 552 g/mol. The fourth-order valence-corrected chi connectivity index (χ4v) is 5.34. The van der Waals surface area contributed by atoms with Gasteiger partial charge < -0.3 is 31.1 Å². The minimum Gasteiger partial charge on any atom is -0.390 e. The molecule has 1 aromatic heterocycles. The molecule has 13 nitrogen and oxygen atoms in total. The summed E-state index contributed by atoms with van der Waals surface area (Å²) in [6.07, 6.45) is 6.06. The average Bonchev–Trinajstić information content (AvgIpc) is 3.52. The van der Waals surface area contributed by atoms with Crippen LogP contribution in [-0.2, 0) is 27.2 Å². The molecule has 3 amide bonds. The second kappa shape index (κ2) is 17.3. The lowest BCUT2D eigenvalue weighted by Crippen LogP contribution is -2.58. The molecule has 0 saturated heterocycles. The van der Waals surface area contributed by atoms with Crippen molar-refractivity contribution >= 4 is 17.7 Å². The van der Waals surface area contributed by atoms with E-state index in [0.29, 0.717) is 12.1 Å². The standard InChI is InChI=1S/C30H44N8O5/c1-19(2)28(41)36-24(14-21-11-7-4-8-12-21)29(42)37-25(15-22-16-32-18-33-22)30(43)35-23(13-20-9-5-3-6-10-20)27(40)26(39)17-34-38-31/h4,7-8,11-12,16,18-20,23-27,39-40H,3,5-6,9-10,13-15,17H2,1-2H3,(H,32,33)(H,35,43)(H,36,41)(H,37,42)/t23-,24+,25+,26-,27+/m1/s1. The summed E-state index contributed by atoms with van der Waals surface area (Å²) in [4.78, 5) is 49.7. The van der Waals surface area contributed by atoms with Gasteiger partial charge in [-0.3, -0.25) is 14.4 Å². The Balaban J connectivity index is 1.83. The fourth-order valence-electron chi connectivity index (χ4n) is 5.34. The number of rotatable bonds is 16. The summed E-state index contributed by atoms with van der Waals surface area (Å²) in [5, 5.41) is 33.4. The zero-order valence-corrected chi connectivity index (χ0v) is 24.9. The smallest absolute Gasteiger partial charge is 0.243 e. The molecule has 234 valence electrons. The van der Waals surface area contributed by atoms with E-state index >= 15 is 0 Å². The highest BCUT2D eigenvalue weighted by Crippen LogP contribution is 2.28. The van der Waals surface area contributed by atoms with Crippen molar-refractivity contribution in [3.63, 3.8) is 0 Å². The average molecular weight is 597 g/mol. The molecule has 43 heavy (non-hydrogen) atoms. The first-order valence-corrected chi connectivity index (χ1v) is 15.0. The number of benzene rings is 1. The zero-order chi connectivity index (χ0) is 31.2. The van der Waals surface area contributed by atoms with Gasteiger partial charge >= 0.3 is 0 Å². The Morgan fingerprint density at radius 2 is 1.65 bits per heavy atom.